The van der Waals surface area contributed by atoms with Gasteiger partial charge < -0.3 is 19.8 Å². The predicted molar refractivity (Wildman–Crippen MR) is 82.2 cm³/mol. The summed E-state index contributed by atoms with van der Waals surface area (Å²) in [4.78, 5) is 18.0. The van der Waals surface area contributed by atoms with Crippen LogP contribution in [0.25, 0.3) is 10.8 Å². The number of carbonyl (C=O) groups is 1. The van der Waals surface area contributed by atoms with Crippen molar-refractivity contribution in [1.29, 1.82) is 0 Å². The highest BCUT2D eigenvalue weighted by atomic mass is 32.1. The fourth-order valence-corrected chi connectivity index (χ4v) is 4.11. The first-order valence-electron chi connectivity index (χ1n) is 7.40. The molecule has 3 unspecified atom stereocenters. The minimum Gasteiger partial charge on any atom is -0.467 e. The molecule has 4 heterocycles. The molecular formula is C15H17N3O3S. The third-order valence-corrected chi connectivity index (χ3v) is 5.41. The smallest absolute Gasteiger partial charge is 0.305 e. The van der Waals surface area contributed by atoms with E-state index in [0.717, 1.165) is 17.7 Å². The maximum absolute atomic E-state index is 12.4. The van der Waals surface area contributed by atoms with E-state index in [9.17, 15) is 4.79 Å². The fourth-order valence-electron chi connectivity index (χ4n) is 3.27. The lowest BCUT2D eigenvalue weighted by molar-refractivity contribution is 0.0935. The molecule has 3 atom stereocenters. The van der Waals surface area contributed by atoms with Gasteiger partial charge >= 0.3 is 5.95 Å². The molecule has 0 aliphatic carbocycles. The zero-order valence-corrected chi connectivity index (χ0v) is 13.0. The van der Waals surface area contributed by atoms with Crippen LogP contribution in [0.15, 0.2) is 22.7 Å². The average molecular weight is 319 g/mol. The Balaban J connectivity index is 1.45. The van der Waals surface area contributed by atoms with Crippen molar-refractivity contribution in [1.82, 2.24) is 15.6 Å². The van der Waals surface area contributed by atoms with Crippen LogP contribution < -0.4 is 15.4 Å². The Hall–Kier alpha value is -1.86. The van der Waals surface area contributed by atoms with Crippen LogP contribution in [0.3, 0.4) is 0 Å². The lowest BCUT2D eigenvalue weighted by atomic mass is 9.95. The Labute approximate surface area is 131 Å². The molecule has 6 nitrogen and oxygen atoms in total. The number of methoxy groups -OCH3 is 1. The zero-order chi connectivity index (χ0) is 15.1. The molecule has 0 saturated carbocycles. The molecule has 2 aromatic rings. The SMILES string of the molecule is COc1cnc(-c2ccc(C(=O)NC3CC4CCC3N4)s2)o1. The van der Waals surface area contributed by atoms with Crippen molar-refractivity contribution in [2.45, 2.75) is 37.4 Å². The molecule has 22 heavy (non-hydrogen) atoms. The highest BCUT2D eigenvalue weighted by Gasteiger charge is 2.39. The molecule has 0 spiro atoms. The Bertz CT molecular complexity index is 696. The van der Waals surface area contributed by atoms with Crippen LogP contribution in [-0.2, 0) is 0 Å². The highest BCUT2D eigenvalue weighted by molar-refractivity contribution is 7.17. The molecule has 2 aromatic heterocycles. The zero-order valence-electron chi connectivity index (χ0n) is 12.2. The summed E-state index contributed by atoms with van der Waals surface area (Å²) in [7, 11) is 1.53. The lowest BCUT2D eigenvalue weighted by Gasteiger charge is -2.20. The van der Waals surface area contributed by atoms with Crippen molar-refractivity contribution in [3.63, 3.8) is 0 Å². The summed E-state index contributed by atoms with van der Waals surface area (Å²) >= 11 is 1.38. The number of nitrogens with zero attached hydrogens (tertiary/aromatic N) is 1. The van der Waals surface area contributed by atoms with Crippen LogP contribution in [0.5, 0.6) is 5.95 Å². The van der Waals surface area contributed by atoms with Crippen molar-refractivity contribution in [2.75, 3.05) is 7.11 Å². The molecule has 2 fully saturated rings. The number of oxazole rings is 1. The van der Waals surface area contributed by atoms with E-state index in [1.807, 2.05) is 12.1 Å². The number of fused-ring (bicyclic) bond motifs is 2. The largest absolute Gasteiger partial charge is 0.467 e. The summed E-state index contributed by atoms with van der Waals surface area (Å²) in [6.07, 6.45) is 4.94. The number of ether oxygens (including phenoxy) is 1. The van der Waals surface area contributed by atoms with Crippen molar-refractivity contribution in [3.05, 3.63) is 23.2 Å². The van der Waals surface area contributed by atoms with Crippen LogP contribution in [0.2, 0.25) is 0 Å². The van der Waals surface area contributed by atoms with Gasteiger partial charge in [0.2, 0.25) is 5.89 Å². The minimum absolute atomic E-state index is 0.0193. The van der Waals surface area contributed by atoms with Gasteiger partial charge in [0.05, 0.1) is 16.9 Å². The monoisotopic (exact) mass is 319 g/mol. The second-order valence-electron chi connectivity index (χ2n) is 5.72. The van der Waals surface area contributed by atoms with Crippen molar-refractivity contribution in [3.8, 4) is 16.7 Å². The summed E-state index contributed by atoms with van der Waals surface area (Å²) in [6, 6.07) is 4.92. The van der Waals surface area contributed by atoms with E-state index in [0.29, 0.717) is 28.8 Å². The van der Waals surface area contributed by atoms with Crippen molar-refractivity contribution < 1.29 is 13.9 Å². The summed E-state index contributed by atoms with van der Waals surface area (Å²) in [5.41, 5.74) is 0. The Morgan fingerprint density at radius 1 is 1.50 bits per heavy atom. The van der Waals surface area contributed by atoms with Crippen molar-refractivity contribution >= 4 is 17.2 Å². The summed E-state index contributed by atoms with van der Waals surface area (Å²) in [5.74, 6) is 0.819. The number of hydrogen-bond acceptors (Lipinski definition) is 6. The highest BCUT2D eigenvalue weighted by Crippen LogP contribution is 2.31. The van der Waals surface area contributed by atoms with Crippen LogP contribution in [0.4, 0.5) is 0 Å². The van der Waals surface area contributed by atoms with E-state index in [1.54, 1.807) is 0 Å². The van der Waals surface area contributed by atoms with Gasteiger partial charge in [0.1, 0.15) is 6.20 Å². The number of aromatic nitrogens is 1. The topological polar surface area (TPSA) is 76.4 Å². The van der Waals surface area contributed by atoms with Gasteiger partial charge in [0, 0.05) is 18.1 Å². The molecule has 2 N–H and O–H groups in total. The molecule has 1 amide bonds. The van der Waals surface area contributed by atoms with Gasteiger partial charge in [-0.1, -0.05) is 0 Å². The normalized spacial score (nSPS) is 26.3. The molecule has 0 radical (unpaired) electrons. The second-order valence-corrected chi connectivity index (χ2v) is 6.80. The maximum Gasteiger partial charge on any atom is 0.305 e. The van der Waals surface area contributed by atoms with Crippen LogP contribution in [0.1, 0.15) is 28.9 Å². The number of nitrogens with one attached hydrogen (secondary N) is 2. The van der Waals surface area contributed by atoms with E-state index < -0.39 is 0 Å². The first-order chi connectivity index (χ1) is 10.7. The number of hydrogen-bond donors (Lipinski definition) is 2. The van der Waals surface area contributed by atoms with E-state index in [4.69, 9.17) is 9.15 Å². The number of carbonyl (C=O) groups excluding carboxylic acids is 1. The summed E-state index contributed by atoms with van der Waals surface area (Å²) in [5, 5.41) is 6.67. The molecule has 7 heteroatoms. The van der Waals surface area contributed by atoms with Crippen LogP contribution in [0, 0.1) is 0 Å². The maximum atomic E-state index is 12.4. The van der Waals surface area contributed by atoms with Gasteiger partial charge in [-0.05, 0) is 31.4 Å². The van der Waals surface area contributed by atoms with Crippen molar-refractivity contribution in [2.24, 2.45) is 0 Å². The minimum atomic E-state index is -0.0193. The third-order valence-electron chi connectivity index (χ3n) is 4.34. The first-order valence-corrected chi connectivity index (χ1v) is 8.21. The van der Waals surface area contributed by atoms with Gasteiger partial charge in [-0.3, -0.25) is 4.79 Å². The Morgan fingerprint density at radius 3 is 3.09 bits per heavy atom. The average Bonchev–Trinajstić information content (AvgIpc) is 3.28. The van der Waals surface area contributed by atoms with E-state index in [1.165, 1.54) is 31.1 Å². The quantitative estimate of drug-likeness (QED) is 0.902. The van der Waals surface area contributed by atoms with Gasteiger partial charge in [-0.15, -0.1) is 11.3 Å². The fraction of sp³-hybridized carbons (Fsp3) is 0.467. The van der Waals surface area contributed by atoms with Gasteiger partial charge in [0.15, 0.2) is 0 Å². The molecule has 2 bridgehead atoms. The molecule has 2 saturated heterocycles. The van der Waals surface area contributed by atoms with Gasteiger partial charge in [-0.25, -0.2) is 4.98 Å². The Kier molecular flexibility index (Phi) is 3.38. The van der Waals surface area contributed by atoms with E-state index >= 15 is 0 Å². The predicted octanol–water partition coefficient (Wildman–Crippen LogP) is 2.03. The van der Waals surface area contributed by atoms with E-state index in [2.05, 4.69) is 15.6 Å². The molecule has 4 rings (SSSR count). The van der Waals surface area contributed by atoms with Crippen LogP contribution >= 0.6 is 11.3 Å². The van der Waals surface area contributed by atoms with E-state index in [-0.39, 0.29) is 11.9 Å². The molecular weight excluding hydrogens is 302 g/mol. The second kappa shape index (κ2) is 5.40. The molecule has 116 valence electrons. The van der Waals surface area contributed by atoms with Gasteiger partial charge in [-0.2, -0.15) is 0 Å². The summed E-state index contributed by atoms with van der Waals surface area (Å²) in [6.45, 7) is 0. The number of thiophene rings is 1. The molecule has 0 aromatic carbocycles. The number of amides is 1. The van der Waals surface area contributed by atoms with Crippen LogP contribution in [-0.4, -0.2) is 36.1 Å². The van der Waals surface area contributed by atoms with Gasteiger partial charge in [0.25, 0.3) is 5.91 Å². The number of rotatable bonds is 4. The lowest BCUT2D eigenvalue weighted by Crippen LogP contribution is -2.42. The Morgan fingerprint density at radius 2 is 2.41 bits per heavy atom. The molecule has 2 aliphatic rings. The third kappa shape index (κ3) is 2.40. The summed E-state index contributed by atoms with van der Waals surface area (Å²) < 4.78 is 10.4. The standard InChI is InChI=1S/C15H17N3O3S/c1-20-13-7-16-15(21-13)12-5-4-11(22-12)14(19)18-10-6-8-2-3-9(10)17-8/h4-5,7-10,17H,2-3,6H2,1H3,(H,18,19). The first kappa shape index (κ1) is 13.8. The molecule has 2 aliphatic heterocycles.